The molecule has 0 amide bonds. The van der Waals surface area contributed by atoms with Crippen LogP contribution in [0.3, 0.4) is 0 Å². The number of guanidine groups is 1. The number of aliphatic hydroxyl groups is 1. The molecule has 0 unspecified atom stereocenters. The molecule has 2 heterocycles. The van der Waals surface area contributed by atoms with Crippen molar-refractivity contribution in [3.63, 3.8) is 0 Å². The first-order chi connectivity index (χ1) is 22.2. The third-order valence-corrected chi connectivity index (χ3v) is 7.70. The fourth-order valence-electron chi connectivity index (χ4n) is 5.33. The Balaban J connectivity index is 1.56. The first-order valence-corrected chi connectivity index (χ1v) is 15.3. The largest absolute Gasteiger partial charge is 0.573 e. The Labute approximate surface area is 268 Å². The van der Waals surface area contributed by atoms with E-state index < -0.39 is 23.6 Å². The van der Waals surface area contributed by atoms with E-state index in [0.717, 1.165) is 11.6 Å². The van der Waals surface area contributed by atoms with Gasteiger partial charge in [-0.15, -0.1) is 13.2 Å². The Morgan fingerprint density at radius 2 is 1.87 bits per heavy atom. The summed E-state index contributed by atoms with van der Waals surface area (Å²) in [5.74, 6) is -2.29. The molecule has 4 rings (SSSR count). The number of hydrogen-bond donors (Lipinski definition) is 7. The van der Waals surface area contributed by atoms with E-state index in [1.807, 2.05) is 26.0 Å². The normalized spacial score (nSPS) is 13.8. The number of halogens is 4. The lowest BCUT2D eigenvalue weighted by Gasteiger charge is -2.20. The molecule has 3 atom stereocenters. The van der Waals surface area contributed by atoms with E-state index >= 15 is 4.39 Å². The van der Waals surface area contributed by atoms with Crippen molar-refractivity contribution in [3.8, 4) is 22.7 Å². The Bertz CT molecular complexity index is 1720. The van der Waals surface area contributed by atoms with Crippen molar-refractivity contribution in [1.82, 2.24) is 25.2 Å². The number of aromatic nitrogens is 3. The molecule has 0 bridgehead atoms. The van der Waals surface area contributed by atoms with Crippen molar-refractivity contribution in [2.24, 2.45) is 11.5 Å². The van der Waals surface area contributed by atoms with Gasteiger partial charge in [0.25, 0.3) is 0 Å². The molecule has 4 aromatic rings. The minimum absolute atomic E-state index is 0.0248. The van der Waals surface area contributed by atoms with E-state index in [0.29, 0.717) is 55.3 Å². The summed E-state index contributed by atoms with van der Waals surface area (Å²) in [7, 11) is 0. The molecule has 2 aromatic carbocycles. The second-order valence-electron chi connectivity index (χ2n) is 11.6. The molecule has 47 heavy (non-hydrogen) atoms. The number of benzene rings is 2. The molecular formula is C32H40F4N8O3. The van der Waals surface area contributed by atoms with Crippen LogP contribution >= 0.6 is 0 Å². The van der Waals surface area contributed by atoms with Crippen LogP contribution in [0.5, 0.6) is 5.75 Å². The van der Waals surface area contributed by atoms with Crippen LogP contribution in [0.4, 0.5) is 17.6 Å². The second-order valence-corrected chi connectivity index (χ2v) is 11.6. The van der Waals surface area contributed by atoms with Gasteiger partial charge in [-0.2, -0.15) is 4.98 Å². The number of hydrogen-bond acceptors (Lipinski definition) is 7. The van der Waals surface area contributed by atoms with Crippen molar-refractivity contribution in [2.45, 2.75) is 70.4 Å². The number of aryl methyl sites for hydroxylation is 1. The number of rotatable bonds is 15. The molecule has 11 nitrogen and oxygen atoms in total. The van der Waals surface area contributed by atoms with E-state index in [1.54, 1.807) is 12.1 Å². The zero-order valence-corrected chi connectivity index (χ0v) is 26.1. The predicted molar refractivity (Wildman–Crippen MR) is 172 cm³/mol. The maximum Gasteiger partial charge on any atom is 0.573 e. The van der Waals surface area contributed by atoms with E-state index in [4.69, 9.17) is 16.9 Å². The third kappa shape index (κ3) is 9.76. The Kier molecular flexibility index (Phi) is 11.6. The molecule has 0 saturated heterocycles. The zero-order chi connectivity index (χ0) is 34.3. The molecule has 15 heteroatoms. The van der Waals surface area contributed by atoms with Crippen molar-refractivity contribution in [1.29, 1.82) is 5.41 Å². The van der Waals surface area contributed by atoms with Gasteiger partial charge in [0.05, 0.1) is 11.4 Å². The SMILES string of the molecule is C[C@H](N)CCCc1cc(OC(F)(F)F)c(F)c(-c2cc3cn(-c4ccc([C@H](C)NCC[C@@H](CCO)NC(=N)N)cc4)c(=O)nc3[nH]2)c1. The van der Waals surface area contributed by atoms with Gasteiger partial charge in [0.1, 0.15) is 5.65 Å². The molecule has 0 radical (unpaired) electrons. The van der Waals surface area contributed by atoms with Gasteiger partial charge in [-0.3, -0.25) is 9.98 Å². The van der Waals surface area contributed by atoms with Crippen molar-refractivity contribution in [2.75, 3.05) is 13.2 Å². The highest BCUT2D eigenvalue weighted by Gasteiger charge is 2.33. The van der Waals surface area contributed by atoms with Crippen LogP contribution in [-0.4, -0.2) is 57.2 Å². The topological polar surface area (TPSA) is 180 Å². The highest BCUT2D eigenvalue weighted by molar-refractivity contribution is 5.83. The number of H-pyrrole nitrogens is 1. The summed E-state index contributed by atoms with van der Waals surface area (Å²) >= 11 is 0. The fraction of sp³-hybridized carbons (Fsp3) is 0.406. The number of aromatic amines is 1. The molecule has 0 fully saturated rings. The average Bonchev–Trinajstić information content (AvgIpc) is 3.39. The monoisotopic (exact) mass is 660 g/mol. The van der Waals surface area contributed by atoms with Gasteiger partial charge < -0.3 is 36.9 Å². The first kappa shape index (κ1) is 35.4. The van der Waals surface area contributed by atoms with Crippen molar-refractivity contribution < 1.29 is 27.4 Å². The quantitative estimate of drug-likeness (QED) is 0.0558. The lowest BCUT2D eigenvalue weighted by Crippen LogP contribution is -2.41. The average molecular weight is 661 g/mol. The molecule has 0 aliphatic carbocycles. The highest BCUT2D eigenvalue weighted by atomic mass is 19.4. The number of nitrogens with one attached hydrogen (secondary N) is 4. The maximum atomic E-state index is 15.4. The molecule has 0 aliphatic heterocycles. The lowest BCUT2D eigenvalue weighted by molar-refractivity contribution is -0.275. The summed E-state index contributed by atoms with van der Waals surface area (Å²) < 4.78 is 60.0. The Morgan fingerprint density at radius 1 is 1.15 bits per heavy atom. The van der Waals surface area contributed by atoms with E-state index in [2.05, 4.69) is 25.3 Å². The summed E-state index contributed by atoms with van der Waals surface area (Å²) in [6, 6.07) is 11.0. The Hall–Kier alpha value is -4.47. The Morgan fingerprint density at radius 3 is 2.51 bits per heavy atom. The van der Waals surface area contributed by atoms with Crippen LogP contribution in [0.15, 0.2) is 53.5 Å². The third-order valence-electron chi connectivity index (χ3n) is 7.70. The minimum atomic E-state index is -5.09. The van der Waals surface area contributed by atoms with Gasteiger partial charge >= 0.3 is 12.1 Å². The van der Waals surface area contributed by atoms with Crippen LogP contribution in [0.1, 0.15) is 56.7 Å². The van der Waals surface area contributed by atoms with Gasteiger partial charge in [0, 0.05) is 41.9 Å². The first-order valence-electron chi connectivity index (χ1n) is 15.3. The standard InChI is InChI=1S/C32H40F4N8O3/c1-18(37)4-3-5-20-14-25(28(33)27(15-20)47-32(34,35)36)26-16-22-17-44(31(46)43-29(22)42-26)24-8-6-21(7-9-24)19(2)40-12-10-23(11-13-45)41-30(38)39/h6-9,14-19,23,40,45H,3-5,10-13,37H2,1-2H3,(H4,38,39,41)(H,42,43,46)/t18-,19-,23-/m0/s1. The van der Waals surface area contributed by atoms with Crippen molar-refractivity contribution in [3.05, 3.63) is 76.1 Å². The van der Waals surface area contributed by atoms with Gasteiger partial charge in [-0.05, 0) is 94.0 Å². The molecule has 9 N–H and O–H groups in total. The summed E-state index contributed by atoms with van der Waals surface area (Å²) in [5.41, 5.74) is 12.7. The van der Waals surface area contributed by atoms with Crippen LogP contribution in [0, 0.1) is 11.2 Å². The number of fused-ring (bicyclic) bond motifs is 1. The minimum Gasteiger partial charge on any atom is -0.403 e. The molecule has 0 saturated carbocycles. The van der Waals surface area contributed by atoms with E-state index in [9.17, 15) is 23.1 Å². The molecular weight excluding hydrogens is 620 g/mol. The van der Waals surface area contributed by atoms with Gasteiger partial charge in [0.2, 0.25) is 0 Å². The molecule has 2 aromatic heterocycles. The number of nitrogens with two attached hydrogens (primary N) is 2. The van der Waals surface area contributed by atoms with E-state index in [-0.39, 0.29) is 47.6 Å². The second kappa shape index (κ2) is 15.4. The molecule has 0 spiro atoms. The van der Waals surface area contributed by atoms with Crippen LogP contribution in [0.25, 0.3) is 28.0 Å². The molecule has 0 aliphatic rings. The number of ether oxygens (including phenoxy) is 1. The van der Waals surface area contributed by atoms with Crippen LogP contribution < -0.4 is 32.5 Å². The maximum absolute atomic E-state index is 15.4. The zero-order valence-electron chi connectivity index (χ0n) is 26.1. The summed E-state index contributed by atoms with van der Waals surface area (Å²) in [4.78, 5) is 19.9. The summed E-state index contributed by atoms with van der Waals surface area (Å²) in [6.45, 7) is 4.38. The van der Waals surface area contributed by atoms with Crippen LogP contribution in [-0.2, 0) is 6.42 Å². The lowest BCUT2D eigenvalue weighted by atomic mass is 10.0. The van der Waals surface area contributed by atoms with Gasteiger partial charge in [-0.1, -0.05) is 12.1 Å². The van der Waals surface area contributed by atoms with Crippen LogP contribution in [0.2, 0.25) is 0 Å². The smallest absolute Gasteiger partial charge is 0.403 e. The number of aliphatic hydroxyl groups excluding tert-OH is 1. The number of nitrogens with zero attached hydrogens (tertiary/aromatic N) is 2. The predicted octanol–water partition coefficient (Wildman–Crippen LogP) is 4.36. The summed E-state index contributed by atoms with van der Waals surface area (Å²) in [6.07, 6.45) is -0.884. The van der Waals surface area contributed by atoms with Crippen molar-refractivity contribution >= 4 is 17.0 Å². The van der Waals surface area contributed by atoms with Gasteiger partial charge in [-0.25, -0.2) is 9.18 Å². The molecule has 254 valence electrons. The fourth-order valence-corrected chi connectivity index (χ4v) is 5.33. The highest BCUT2D eigenvalue weighted by Crippen LogP contribution is 2.35. The summed E-state index contributed by atoms with van der Waals surface area (Å²) in [5, 5.41) is 23.3. The van der Waals surface area contributed by atoms with E-state index in [1.165, 1.54) is 22.9 Å². The number of alkyl halides is 3. The van der Waals surface area contributed by atoms with Gasteiger partial charge in [0.15, 0.2) is 17.5 Å².